The maximum absolute atomic E-state index is 11.9. The summed E-state index contributed by atoms with van der Waals surface area (Å²) in [5.41, 5.74) is 2.32. The number of aryl methyl sites for hydroxylation is 1. The van der Waals surface area contributed by atoms with Crippen LogP contribution < -0.4 is 10.6 Å². The molecule has 1 atom stereocenters. The zero-order chi connectivity index (χ0) is 17.4. The summed E-state index contributed by atoms with van der Waals surface area (Å²) in [5.74, 6) is 0.924. The minimum atomic E-state index is 0.0541. The van der Waals surface area contributed by atoms with Crippen LogP contribution in [0.4, 0.5) is 0 Å². The first-order valence-electron chi connectivity index (χ1n) is 8.10. The number of hydrogen-bond donors (Lipinski definition) is 2. The minimum Gasteiger partial charge on any atom is -0.350 e. The zero-order valence-electron chi connectivity index (χ0n) is 14.1. The molecule has 3 nitrogen and oxygen atoms in total. The third kappa shape index (κ3) is 6.19. The minimum absolute atomic E-state index is 0.0541. The summed E-state index contributed by atoms with van der Waals surface area (Å²) < 4.78 is 0. The fraction of sp³-hybridized carbons (Fsp3) is 0.316. The van der Waals surface area contributed by atoms with Gasteiger partial charge in [0.15, 0.2) is 6.54 Å². The second-order valence-electron chi connectivity index (χ2n) is 5.76. The molecule has 0 aliphatic rings. The van der Waals surface area contributed by atoms with Gasteiger partial charge in [0.05, 0.1) is 0 Å². The smallest absolute Gasteiger partial charge is 0.275 e. The summed E-state index contributed by atoms with van der Waals surface area (Å²) in [5, 5.41) is 5.71. The molecule has 5 heteroatoms. The average Bonchev–Trinajstić information content (AvgIpc) is 2.58. The molecule has 0 spiro atoms. The van der Waals surface area contributed by atoms with E-state index in [1.165, 1.54) is 10.5 Å². The molecule has 2 aromatic carbocycles. The predicted molar refractivity (Wildman–Crippen MR) is 102 cm³/mol. The van der Waals surface area contributed by atoms with E-state index in [0.717, 1.165) is 16.3 Å². The van der Waals surface area contributed by atoms with E-state index < -0.39 is 0 Å². The van der Waals surface area contributed by atoms with Crippen LogP contribution in [0.15, 0.2) is 53.4 Å². The van der Waals surface area contributed by atoms with Gasteiger partial charge in [0, 0.05) is 27.8 Å². The summed E-state index contributed by atoms with van der Waals surface area (Å²) in [6.07, 6.45) is 0. The number of nitrogens with one attached hydrogen (secondary N) is 1. The Bertz CT molecular complexity index is 661. The number of halogens is 1. The number of quaternary nitrogens is 1. The van der Waals surface area contributed by atoms with Crippen molar-refractivity contribution in [2.24, 2.45) is 0 Å². The van der Waals surface area contributed by atoms with Crippen LogP contribution in [-0.4, -0.2) is 24.7 Å². The normalized spacial score (nSPS) is 12.0. The lowest BCUT2D eigenvalue weighted by atomic mass is 10.1. The van der Waals surface area contributed by atoms with Crippen LogP contribution in [0, 0.1) is 6.92 Å². The van der Waals surface area contributed by atoms with Gasteiger partial charge in [-0.1, -0.05) is 47.5 Å². The van der Waals surface area contributed by atoms with Crippen molar-refractivity contribution in [2.45, 2.75) is 24.8 Å². The lowest BCUT2D eigenvalue weighted by Gasteiger charge is -2.12. The SMILES string of the molecule is Cc1ccc(SCCNC(=O)C[NH2+][C@@H](C)c2ccccc2Cl)cc1. The van der Waals surface area contributed by atoms with Gasteiger partial charge in [-0.15, -0.1) is 11.8 Å². The number of benzene rings is 2. The number of nitrogens with two attached hydrogens (primary N) is 1. The van der Waals surface area contributed by atoms with E-state index in [1.54, 1.807) is 11.8 Å². The largest absolute Gasteiger partial charge is 0.350 e. The van der Waals surface area contributed by atoms with Crippen LogP contribution in [0.1, 0.15) is 24.1 Å². The highest BCUT2D eigenvalue weighted by Crippen LogP contribution is 2.19. The predicted octanol–water partition coefficient (Wildman–Crippen LogP) is 3.18. The van der Waals surface area contributed by atoms with E-state index in [-0.39, 0.29) is 11.9 Å². The van der Waals surface area contributed by atoms with Crippen LogP contribution >= 0.6 is 23.4 Å². The maximum atomic E-state index is 11.9. The Morgan fingerprint density at radius 1 is 1.21 bits per heavy atom. The molecule has 0 aliphatic heterocycles. The van der Waals surface area contributed by atoms with Gasteiger partial charge in [-0.25, -0.2) is 0 Å². The molecule has 0 aliphatic carbocycles. The lowest BCUT2D eigenvalue weighted by Crippen LogP contribution is -2.87. The molecule has 3 N–H and O–H groups in total. The van der Waals surface area contributed by atoms with E-state index in [4.69, 9.17) is 11.6 Å². The maximum Gasteiger partial charge on any atom is 0.275 e. The summed E-state index contributed by atoms with van der Waals surface area (Å²) >= 11 is 7.93. The average molecular weight is 364 g/mol. The highest BCUT2D eigenvalue weighted by molar-refractivity contribution is 7.99. The van der Waals surface area contributed by atoms with Gasteiger partial charge in [0.2, 0.25) is 0 Å². The molecular weight excluding hydrogens is 340 g/mol. The van der Waals surface area contributed by atoms with E-state index in [0.29, 0.717) is 13.1 Å². The van der Waals surface area contributed by atoms with Crippen molar-refractivity contribution in [3.8, 4) is 0 Å². The quantitative estimate of drug-likeness (QED) is 0.559. The molecule has 0 unspecified atom stereocenters. The van der Waals surface area contributed by atoms with Gasteiger partial charge in [0.25, 0.3) is 5.91 Å². The second-order valence-corrected chi connectivity index (χ2v) is 7.34. The molecule has 128 valence electrons. The number of hydrogen-bond acceptors (Lipinski definition) is 2. The first-order valence-corrected chi connectivity index (χ1v) is 9.46. The van der Waals surface area contributed by atoms with Crippen LogP contribution in [0.3, 0.4) is 0 Å². The molecule has 2 rings (SSSR count). The highest BCUT2D eigenvalue weighted by Gasteiger charge is 2.13. The molecular formula is C19H24ClN2OS+. The summed E-state index contributed by atoms with van der Waals surface area (Å²) in [7, 11) is 0. The van der Waals surface area contributed by atoms with Crippen LogP contribution in [0.2, 0.25) is 5.02 Å². The first-order chi connectivity index (χ1) is 11.6. The van der Waals surface area contributed by atoms with Crippen LogP contribution in [0.25, 0.3) is 0 Å². The molecule has 0 saturated carbocycles. The molecule has 0 saturated heterocycles. The van der Waals surface area contributed by atoms with Gasteiger partial charge < -0.3 is 10.6 Å². The molecule has 24 heavy (non-hydrogen) atoms. The van der Waals surface area contributed by atoms with Crippen LogP contribution in [0.5, 0.6) is 0 Å². The Labute approximate surface area is 153 Å². The van der Waals surface area contributed by atoms with Crippen molar-refractivity contribution >= 4 is 29.3 Å². The van der Waals surface area contributed by atoms with Crippen molar-refractivity contribution in [1.82, 2.24) is 5.32 Å². The lowest BCUT2D eigenvalue weighted by molar-refractivity contribution is -0.682. The van der Waals surface area contributed by atoms with Crippen molar-refractivity contribution in [3.05, 3.63) is 64.7 Å². The molecule has 0 fully saturated rings. The van der Waals surface area contributed by atoms with E-state index >= 15 is 0 Å². The topological polar surface area (TPSA) is 45.7 Å². The van der Waals surface area contributed by atoms with Crippen molar-refractivity contribution < 1.29 is 10.1 Å². The first kappa shape index (κ1) is 18.8. The Balaban J connectivity index is 1.64. The zero-order valence-corrected chi connectivity index (χ0v) is 15.7. The second kappa shape index (κ2) is 9.72. The Kier molecular flexibility index (Phi) is 7.63. The summed E-state index contributed by atoms with van der Waals surface area (Å²) in [6.45, 7) is 5.21. The van der Waals surface area contributed by atoms with Crippen molar-refractivity contribution in [2.75, 3.05) is 18.8 Å². The van der Waals surface area contributed by atoms with Crippen molar-refractivity contribution in [1.29, 1.82) is 0 Å². The molecule has 0 radical (unpaired) electrons. The Hall–Kier alpha value is -1.49. The number of amides is 1. The number of rotatable bonds is 8. The fourth-order valence-electron chi connectivity index (χ4n) is 2.32. The fourth-order valence-corrected chi connectivity index (χ4v) is 3.40. The van der Waals surface area contributed by atoms with E-state index in [9.17, 15) is 4.79 Å². The molecule has 2 aromatic rings. The van der Waals surface area contributed by atoms with Gasteiger partial charge in [-0.05, 0) is 32.0 Å². The number of carbonyl (C=O) groups is 1. The standard InChI is InChI=1S/C19H23ClN2OS/c1-14-7-9-16(10-8-14)24-12-11-21-19(23)13-22-15(2)17-5-3-4-6-18(17)20/h3-10,15,22H,11-13H2,1-2H3,(H,21,23)/p+1/t15-/m0/s1. The Morgan fingerprint density at radius 3 is 2.62 bits per heavy atom. The van der Waals surface area contributed by atoms with Crippen LogP contribution in [-0.2, 0) is 4.79 Å². The van der Waals surface area contributed by atoms with Gasteiger partial charge in [-0.3, -0.25) is 4.79 Å². The molecule has 1 amide bonds. The monoisotopic (exact) mass is 363 g/mol. The van der Waals surface area contributed by atoms with Gasteiger partial charge in [0.1, 0.15) is 6.04 Å². The number of carbonyl (C=O) groups excluding carboxylic acids is 1. The van der Waals surface area contributed by atoms with E-state index in [1.807, 2.05) is 29.6 Å². The molecule has 0 aromatic heterocycles. The third-order valence-electron chi connectivity index (χ3n) is 3.77. The number of thioether (sulfide) groups is 1. The van der Waals surface area contributed by atoms with Crippen molar-refractivity contribution in [3.63, 3.8) is 0 Å². The summed E-state index contributed by atoms with van der Waals surface area (Å²) in [6, 6.07) is 16.3. The molecule has 0 bridgehead atoms. The Morgan fingerprint density at radius 2 is 1.92 bits per heavy atom. The molecule has 0 heterocycles. The van der Waals surface area contributed by atoms with E-state index in [2.05, 4.69) is 43.4 Å². The highest BCUT2D eigenvalue weighted by atomic mass is 35.5. The third-order valence-corrected chi connectivity index (χ3v) is 5.12. The van der Waals surface area contributed by atoms with Gasteiger partial charge >= 0.3 is 0 Å². The summed E-state index contributed by atoms with van der Waals surface area (Å²) in [4.78, 5) is 13.2. The van der Waals surface area contributed by atoms with Gasteiger partial charge in [-0.2, -0.15) is 0 Å².